The molecule has 0 spiro atoms. The van der Waals surface area contributed by atoms with Crippen LogP contribution in [0.25, 0.3) is 0 Å². The third-order valence-electron chi connectivity index (χ3n) is 1.74. The first kappa shape index (κ1) is 11.0. The summed E-state index contributed by atoms with van der Waals surface area (Å²) >= 11 is 3.01. The number of rotatable bonds is 2. The standard InChI is InChI=1S/C9H10BrNO3/c1-4(11)8(13)5-2-6(10)9(14)7(12)3-5/h2-4,12,14H,11H2,1H3. The van der Waals surface area contributed by atoms with Gasteiger partial charge in [-0.15, -0.1) is 0 Å². The number of hydrogen-bond donors (Lipinski definition) is 3. The SMILES string of the molecule is CC(N)C(=O)c1cc(O)c(O)c(Br)c1. The number of carbonyl (C=O) groups is 1. The minimum Gasteiger partial charge on any atom is -0.504 e. The molecule has 0 aliphatic carbocycles. The predicted octanol–water partition coefficient (Wildman–Crippen LogP) is 1.39. The Morgan fingerprint density at radius 2 is 2.07 bits per heavy atom. The molecular weight excluding hydrogens is 250 g/mol. The van der Waals surface area contributed by atoms with Crippen molar-refractivity contribution in [3.63, 3.8) is 0 Å². The predicted molar refractivity (Wildman–Crippen MR) is 55.5 cm³/mol. The van der Waals surface area contributed by atoms with Crippen LogP contribution in [0, 0.1) is 0 Å². The number of halogens is 1. The Morgan fingerprint density at radius 1 is 1.50 bits per heavy atom. The van der Waals surface area contributed by atoms with Gasteiger partial charge in [0.05, 0.1) is 10.5 Å². The molecule has 14 heavy (non-hydrogen) atoms. The van der Waals surface area contributed by atoms with Crippen molar-refractivity contribution in [2.24, 2.45) is 5.73 Å². The highest BCUT2D eigenvalue weighted by molar-refractivity contribution is 9.10. The highest BCUT2D eigenvalue weighted by atomic mass is 79.9. The van der Waals surface area contributed by atoms with Gasteiger partial charge < -0.3 is 15.9 Å². The van der Waals surface area contributed by atoms with E-state index in [0.29, 0.717) is 0 Å². The van der Waals surface area contributed by atoms with E-state index in [4.69, 9.17) is 5.73 Å². The Labute approximate surface area is 89.5 Å². The van der Waals surface area contributed by atoms with Crippen LogP contribution in [0.4, 0.5) is 0 Å². The van der Waals surface area contributed by atoms with Crippen LogP contribution in [-0.2, 0) is 0 Å². The summed E-state index contributed by atoms with van der Waals surface area (Å²) < 4.78 is 0.265. The van der Waals surface area contributed by atoms with Gasteiger partial charge in [0, 0.05) is 5.56 Å². The van der Waals surface area contributed by atoms with Crippen molar-refractivity contribution in [1.82, 2.24) is 0 Å². The molecule has 1 aromatic carbocycles. The summed E-state index contributed by atoms with van der Waals surface area (Å²) in [5, 5.41) is 18.5. The van der Waals surface area contributed by atoms with Crippen molar-refractivity contribution in [2.75, 3.05) is 0 Å². The number of nitrogens with two attached hydrogens (primary N) is 1. The van der Waals surface area contributed by atoms with Gasteiger partial charge in [0.15, 0.2) is 17.3 Å². The molecule has 0 radical (unpaired) electrons. The van der Waals surface area contributed by atoms with Gasteiger partial charge in [-0.1, -0.05) is 0 Å². The molecule has 5 heteroatoms. The average molecular weight is 260 g/mol. The second-order valence-electron chi connectivity index (χ2n) is 2.98. The Bertz CT molecular complexity index is 353. The van der Waals surface area contributed by atoms with Crippen LogP contribution in [0.2, 0.25) is 0 Å². The maximum absolute atomic E-state index is 11.4. The number of ketones is 1. The molecule has 0 aliphatic heterocycles. The van der Waals surface area contributed by atoms with Crippen molar-refractivity contribution in [1.29, 1.82) is 0 Å². The molecular formula is C9H10BrNO3. The third kappa shape index (κ3) is 2.05. The summed E-state index contributed by atoms with van der Waals surface area (Å²) in [5.41, 5.74) is 5.66. The Balaban J connectivity index is 3.19. The maximum Gasteiger partial charge on any atom is 0.179 e. The zero-order chi connectivity index (χ0) is 10.9. The fourth-order valence-corrected chi connectivity index (χ4v) is 1.44. The van der Waals surface area contributed by atoms with E-state index in [1.165, 1.54) is 12.1 Å². The first-order chi connectivity index (χ1) is 6.43. The van der Waals surface area contributed by atoms with Crippen molar-refractivity contribution >= 4 is 21.7 Å². The van der Waals surface area contributed by atoms with Gasteiger partial charge in [-0.25, -0.2) is 0 Å². The lowest BCUT2D eigenvalue weighted by atomic mass is 10.1. The van der Waals surface area contributed by atoms with Gasteiger partial charge in [-0.05, 0) is 35.0 Å². The first-order valence-electron chi connectivity index (χ1n) is 3.94. The second kappa shape index (κ2) is 3.98. The van der Waals surface area contributed by atoms with E-state index in [0.717, 1.165) is 0 Å². The van der Waals surface area contributed by atoms with Crippen molar-refractivity contribution in [3.8, 4) is 11.5 Å². The third-order valence-corrected chi connectivity index (χ3v) is 2.35. The maximum atomic E-state index is 11.4. The van der Waals surface area contributed by atoms with E-state index in [1.807, 2.05) is 0 Å². The van der Waals surface area contributed by atoms with Crippen LogP contribution in [-0.4, -0.2) is 22.0 Å². The van der Waals surface area contributed by atoms with E-state index in [-0.39, 0.29) is 27.3 Å². The fraction of sp³-hybridized carbons (Fsp3) is 0.222. The van der Waals surface area contributed by atoms with Gasteiger partial charge in [-0.3, -0.25) is 4.79 Å². The molecule has 0 heterocycles. The molecule has 1 unspecified atom stereocenters. The van der Waals surface area contributed by atoms with Gasteiger partial charge in [0.2, 0.25) is 0 Å². The topological polar surface area (TPSA) is 83.6 Å². The number of hydrogen-bond acceptors (Lipinski definition) is 4. The Kier molecular flexibility index (Phi) is 3.13. The van der Waals surface area contributed by atoms with Crippen LogP contribution in [0.1, 0.15) is 17.3 Å². The molecule has 0 aliphatic rings. The van der Waals surface area contributed by atoms with Crippen molar-refractivity contribution in [2.45, 2.75) is 13.0 Å². The molecule has 0 bridgehead atoms. The average Bonchev–Trinajstić information content (AvgIpc) is 2.12. The van der Waals surface area contributed by atoms with E-state index in [2.05, 4.69) is 15.9 Å². The summed E-state index contributed by atoms with van der Waals surface area (Å²) in [6, 6.07) is 1.97. The van der Waals surface area contributed by atoms with Crippen LogP contribution < -0.4 is 5.73 Å². The van der Waals surface area contributed by atoms with Crippen LogP contribution in [0.15, 0.2) is 16.6 Å². The molecule has 4 N–H and O–H groups in total. The molecule has 1 atom stereocenters. The summed E-state index contributed by atoms with van der Waals surface area (Å²) in [4.78, 5) is 11.4. The molecule has 4 nitrogen and oxygen atoms in total. The number of aromatic hydroxyl groups is 2. The van der Waals surface area contributed by atoms with Crippen LogP contribution in [0.3, 0.4) is 0 Å². The number of benzene rings is 1. The molecule has 0 saturated carbocycles. The van der Waals surface area contributed by atoms with E-state index in [1.54, 1.807) is 6.92 Å². The summed E-state index contributed by atoms with van der Waals surface area (Å²) in [6.45, 7) is 1.56. The normalized spacial score (nSPS) is 12.5. The van der Waals surface area contributed by atoms with Crippen molar-refractivity contribution in [3.05, 3.63) is 22.2 Å². The number of Topliss-reactive ketones (excluding diaryl/α,β-unsaturated/α-hetero) is 1. The number of carbonyl (C=O) groups excluding carboxylic acids is 1. The minimum absolute atomic E-state index is 0.265. The second-order valence-corrected chi connectivity index (χ2v) is 3.83. The Morgan fingerprint density at radius 3 is 2.50 bits per heavy atom. The first-order valence-corrected chi connectivity index (χ1v) is 4.74. The van der Waals surface area contributed by atoms with Crippen molar-refractivity contribution < 1.29 is 15.0 Å². The van der Waals surface area contributed by atoms with E-state index in [9.17, 15) is 15.0 Å². The summed E-state index contributed by atoms with van der Waals surface area (Å²) in [5.74, 6) is -0.921. The van der Waals surface area contributed by atoms with E-state index >= 15 is 0 Å². The lowest BCUT2D eigenvalue weighted by Crippen LogP contribution is -2.26. The highest BCUT2D eigenvalue weighted by Gasteiger charge is 2.15. The summed E-state index contributed by atoms with van der Waals surface area (Å²) in [7, 11) is 0. The molecule has 0 fully saturated rings. The van der Waals surface area contributed by atoms with Gasteiger partial charge >= 0.3 is 0 Å². The zero-order valence-corrected chi connectivity index (χ0v) is 9.08. The molecule has 0 amide bonds. The van der Waals surface area contributed by atoms with Gasteiger partial charge in [-0.2, -0.15) is 0 Å². The molecule has 76 valence electrons. The van der Waals surface area contributed by atoms with Crippen LogP contribution in [0.5, 0.6) is 11.5 Å². The largest absolute Gasteiger partial charge is 0.504 e. The van der Waals surface area contributed by atoms with E-state index < -0.39 is 6.04 Å². The molecule has 1 aromatic rings. The Hall–Kier alpha value is -1.07. The molecule has 0 aromatic heterocycles. The van der Waals surface area contributed by atoms with Gasteiger partial charge in [0.25, 0.3) is 0 Å². The number of phenolic OH excluding ortho intramolecular Hbond substituents is 2. The van der Waals surface area contributed by atoms with Gasteiger partial charge in [0.1, 0.15) is 0 Å². The zero-order valence-electron chi connectivity index (χ0n) is 7.49. The smallest absolute Gasteiger partial charge is 0.179 e. The lowest BCUT2D eigenvalue weighted by Gasteiger charge is -2.07. The summed E-state index contributed by atoms with van der Waals surface area (Å²) in [6.07, 6.45) is 0. The quantitative estimate of drug-likeness (QED) is 0.554. The highest BCUT2D eigenvalue weighted by Crippen LogP contribution is 2.34. The minimum atomic E-state index is -0.633. The van der Waals surface area contributed by atoms with Crippen LogP contribution >= 0.6 is 15.9 Å². The number of phenols is 2. The monoisotopic (exact) mass is 259 g/mol. The molecule has 1 rings (SSSR count). The fourth-order valence-electron chi connectivity index (χ4n) is 0.990. The molecule has 0 saturated heterocycles. The lowest BCUT2D eigenvalue weighted by molar-refractivity contribution is 0.0967.